The summed E-state index contributed by atoms with van der Waals surface area (Å²) in [5.74, 6) is 0.164. The van der Waals surface area contributed by atoms with Crippen molar-refractivity contribution in [3.8, 4) is 0 Å². The SMILES string of the molecule is CC(C)(CN)CN(Cc1ccccc1NC(=O)c1ccc(C(C)(C)C)cc1)C(=O)C1CC1. The predicted molar refractivity (Wildman–Crippen MR) is 131 cm³/mol. The van der Waals surface area contributed by atoms with Crippen LogP contribution in [0.25, 0.3) is 0 Å². The van der Waals surface area contributed by atoms with Crippen molar-refractivity contribution in [1.82, 2.24) is 4.90 Å². The number of nitrogens with one attached hydrogen (secondary N) is 1. The lowest BCUT2D eigenvalue weighted by Crippen LogP contribution is -2.42. The third-order valence-corrected chi connectivity index (χ3v) is 6.05. The lowest BCUT2D eigenvalue weighted by Gasteiger charge is -2.32. The molecule has 1 aliphatic rings. The molecule has 1 aliphatic carbocycles. The predicted octanol–water partition coefficient (Wildman–Crippen LogP) is 4.96. The Hall–Kier alpha value is -2.66. The molecule has 2 aromatic rings. The Kier molecular flexibility index (Phi) is 7.09. The monoisotopic (exact) mass is 435 g/mol. The van der Waals surface area contributed by atoms with Crippen LogP contribution in [0, 0.1) is 11.3 Å². The second kappa shape index (κ2) is 9.45. The second-order valence-electron chi connectivity index (χ2n) is 10.8. The zero-order chi connectivity index (χ0) is 23.5. The molecule has 5 nitrogen and oxygen atoms in total. The molecule has 0 saturated heterocycles. The number of hydrogen-bond acceptors (Lipinski definition) is 3. The molecule has 0 atom stereocenters. The van der Waals surface area contributed by atoms with E-state index in [1.54, 1.807) is 0 Å². The highest BCUT2D eigenvalue weighted by molar-refractivity contribution is 6.04. The third-order valence-electron chi connectivity index (χ3n) is 6.05. The molecule has 2 amide bonds. The van der Waals surface area contributed by atoms with Gasteiger partial charge < -0.3 is 16.0 Å². The lowest BCUT2D eigenvalue weighted by molar-refractivity contribution is -0.134. The first kappa shape index (κ1) is 24.0. The van der Waals surface area contributed by atoms with Crippen LogP contribution in [-0.4, -0.2) is 29.8 Å². The fraction of sp³-hybridized carbons (Fsp3) is 0.481. The van der Waals surface area contributed by atoms with E-state index < -0.39 is 0 Å². The molecule has 0 heterocycles. The minimum Gasteiger partial charge on any atom is -0.337 e. The maximum atomic E-state index is 13.0. The van der Waals surface area contributed by atoms with Gasteiger partial charge in [-0.1, -0.05) is 65.0 Å². The van der Waals surface area contributed by atoms with Crippen LogP contribution in [0.5, 0.6) is 0 Å². The summed E-state index contributed by atoms with van der Waals surface area (Å²) in [6, 6.07) is 15.5. The van der Waals surface area contributed by atoms with Crippen molar-refractivity contribution in [1.29, 1.82) is 0 Å². The van der Waals surface area contributed by atoms with E-state index >= 15 is 0 Å². The van der Waals surface area contributed by atoms with Gasteiger partial charge in [-0.2, -0.15) is 0 Å². The van der Waals surface area contributed by atoms with Crippen LogP contribution in [0.4, 0.5) is 5.69 Å². The molecule has 172 valence electrons. The van der Waals surface area contributed by atoms with Crippen LogP contribution in [0.1, 0.15) is 68.9 Å². The van der Waals surface area contributed by atoms with Crippen LogP contribution in [0.3, 0.4) is 0 Å². The van der Waals surface area contributed by atoms with E-state index in [2.05, 4.69) is 39.9 Å². The van der Waals surface area contributed by atoms with E-state index in [9.17, 15) is 9.59 Å². The Morgan fingerprint density at radius 2 is 1.62 bits per heavy atom. The Balaban J connectivity index is 1.78. The van der Waals surface area contributed by atoms with Gasteiger partial charge >= 0.3 is 0 Å². The molecule has 0 aliphatic heterocycles. The largest absolute Gasteiger partial charge is 0.337 e. The molecule has 0 bridgehead atoms. The Morgan fingerprint density at radius 1 is 1.00 bits per heavy atom. The van der Waals surface area contributed by atoms with E-state index in [-0.39, 0.29) is 28.6 Å². The van der Waals surface area contributed by atoms with Crippen molar-refractivity contribution in [2.45, 2.75) is 59.4 Å². The first-order valence-corrected chi connectivity index (χ1v) is 11.5. The van der Waals surface area contributed by atoms with Crippen LogP contribution < -0.4 is 11.1 Å². The van der Waals surface area contributed by atoms with Crippen molar-refractivity contribution in [2.24, 2.45) is 17.1 Å². The van der Waals surface area contributed by atoms with Gasteiger partial charge in [0.15, 0.2) is 0 Å². The fourth-order valence-electron chi connectivity index (χ4n) is 3.68. The lowest BCUT2D eigenvalue weighted by atomic mass is 9.86. The summed E-state index contributed by atoms with van der Waals surface area (Å²) in [7, 11) is 0. The normalized spacial score (nSPS) is 14.2. The summed E-state index contributed by atoms with van der Waals surface area (Å²) in [6.07, 6.45) is 1.92. The smallest absolute Gasteiger partial charge is 0.255 e. The molecular formula is C27H37N3O2. The number of rotatable bonds is 8. The molecule has 0 spiro atoms. The summed E-state index contributed by atoms with van der Waals surface area (Å²) in [5.41, 5.74) is 9.27. The van der Waals surface area contributed by atoms with Gasteiger partial charge in [0.1, 0.15) is 0 Å². The molecule has 0 unspecified atom stereocenters. The Morgan fingerprint density at radius 3 is 2.19 bits per heavy atom. The van der Waals surface area contributed by atoms with Crippen LogP contribution in [0.2, 0.25) is 0 Å². The van der Waals surface area contributed by atoms with E-state index in [0.29, 0.717) is 25.2 Å². The molecule has 5 heteroatoms. The highest BCUT2D eigenvalue weighted by Crippen LogP contribution is 2.33. The van der Waals surface area contributed by atoms with Crippen molar-refractivity contribution in [3.63, 3.8) is 0 Å². The van der Waals surface area contributed by atoms with Crippen LogP contribution in [-0.2, 0) is 16.8 Å². The van der Waals surface area contributed by atoms with Gasteiger partial charge in [-0.25, -0.2) is 0 Å². The van der Waals surface area contributed by atoms with E-state index in [1.165, 1.54) is 5.56 Å². The van der Waals surface area contributed by atoms with Gasteiger partial charge in [0.25, 0.3) is 5.91 Å². The summed E-state index contributed by atoms with van der Waals surface area (Å²) in [4.78, 5) is 27.8. The zero-order valence-electron chi connectivity index (χ0n) is 20.1. The average Bonchev–Trinajstić information content (AvgIpc) is 3.59. The van der Waals surface area contributed by atoms with E-state index in [1.807, 2.05) is 53.4 Å². The average molecular weight is 436 g/mol. The Labute approximate surface area is 192 Å². The zero-order valence-corrected chi connectivity index (χ0v) is 20.1. The van der Waals surface area contributed by atoms with E-state index in [4.69, 9.17) is 5.73 Å². The van der Waals surface area contributed by atoms with Crippen LogP contribution >= 0.6 is 0 Å². The maximum Gasteiger partial charge on any atom is 0.255 e. The number of anilines is 1. The minimum absolute atomic E-state index is 0.0382. The molecule has 3 rings (SSSR count). The number of para-hydroxylation sites is 1. The van der Waals surface area contributed by atoms with Crippen molar-refractivity contribution in [3.05, 3.63) is 65.2 Å². The number of nitrogens with two attached hydrogens (primary N) is 1. The van der Waals surface area contributed by atoms with Gasteiger partial charge in [-0.3, -0.25) is 9.59 Å². The van der Waals surface area contributed by atoms with Crippen molar-refractivity contribution in [2.75, 3.05) is 18.4 Å². The van der Waals surface area contributed by atoms with Crippen molar-refractivity contribution >= 4 is 17.5 Å². The third kappa shape index (κ3) is 6.19. The van der Waals surface area contributed by atoms with E-state index in [0.717, 1.165) is 24.1 Å². The molecule has 2 aromatic carbocycles. The second-order valence-corrected chi connectivity index (χ2v) is 10.8. The topological polar surface area (TPSA) is 75.4 Å². The van der Waals surface area contributed by atoms with Gasteiger partial charge in [0.05, 0.1) is 0 Å². The standard InChI is InChI=1S/C27H37N3O2/c1-26(2,3)22-14-12-19(13-15-22)24(31)29-23-9-7-6-8-21(23)16-30(18-27(4,5)17-28)25(32)20-10-11-20/h6-9,12-15,20H,10-11,16-18,28H2,1-5H3,(H,29,31). The molecular weight excluding hydrogens is 398 g/mol. The van der Waals surface area contributed by atoms with Gasteiger partial charge in [-0.05, 0) is 59.5 Å². The fourth-order valence-corrected chi connectivity index (χ4v) is 3.68. The molecule has 1 saturated carbocycles. The van der Waals surface area contributed by atoms with Gasteiger partial charge in [0.2, 0.25) is 5.91 Å². The number of amides is 2. The number of carbonyl (C=O) groups excluding carboxylic acids is 2. The first-order chi connectivity index (χ1) is 15.0. The Bertz CT molecular complexity index is 954. The summed E-state index contributed by atoms with van der Waals surface area (Å²) in [6.45, 7) is 12.2. The summed E-state index contributed by atoms with van der Waals surface area (Å²) >= 11 is 0. The molecule has 3 N–H and O–H groups in total. The highest BCUT2D eigenvalue weighted by Gasteiger charge is 2.35. The quantitative estimate of drug-likeness (QED) is 0.615. The summed E-state index contributed by atoms with van der Waals surface area (Å²) in [5, 5.41) is 3.05. The van der Waals surface area contributed by atoms with Crippen LogP contribution in [0.15, 0.2) is 48.5 Å². The number of benzene rings is 2. The minimum atomic E-state index is -0.169. The molecule has 0 radical (unpaired) electrons. The molecule has 0 aromatic heterocycles. The summed E-state index contributed by atoms with van der Waals surface area (Å²) < 4.78 is 0. The number of hydrogen-bond donors (Lipinski definition) is 2. The van der Waals surface area contributed by atoms with Crippen molar-refractivity contribution < 1.29 is 9.59 Å². The van der Waals surface area contributed by atoms with Gasteiger partial charge in [0, 0.05) is 30.3 Å². The number of nitrogens with zero attached hydrogens (tertiary/aromatic N) is 1. The first-order valence-electron chi connectivity index (χ1n) is 11.5. The highest BCUT2D eigenvalue weighted by atomic mass is 16.2. The molecule has 32 heavy (non-hydrogen) atoms. The van der Waals surface area contributed by atoms with Gasteiger partial charge in [-0.15, -0.1) is 0 Å². The number of carbonyl (C=O) groups is 2. The maximum absolute atomic E-state index is 13.0. The molecule has 1 fully saturated rings.